The van der Waals surface area contributed by atoms with Crippen molar-refractivity contribution in [1.29, 1.82) is 0 Å². The predicted octanol–water partition coefficient (Wildman–Crippen LogP) is 12.6. The van der Waals surface area contributed by atoms with Crippen molar-refractivity contribution in [2.24, 2.45) is 5.41 Å². The Labute approximate surface area is 329 Å². The van der Waals surface area contributed by atoms with Crippen molar-refractivity contribution in [3.05, 3.63) is 131 Å². The van der Waals surface area contributed by atoms with Crippen molar-refractivity contribution in [3.63, 3.8) is 0 Å². The minimum absolute atomic E-state index is 0. The van der Waals surface area contributed by atoms with Gasteiger partial charge in [0.05, 0.1) is 6.20 Å². The van der Waals surface area contributed by atoms with Crippen molar-refractivity contribution in [2.45, 2.75) is 93.9 Å². The fourth-order valence-corrected chi connectivity index (χ4v) is 7.72. The van der Waals surface area contributed by atoms with Gasteiger partial charge in [-0.1, -0.05) is 72.2 Å². The number of fused-ring (bicyclic) bond motifs is 3. The molecule has 4 aromatic carbocycles. The first-order valence-electron chi connectivity index (χ1n) is 18.6. The van der Waals surface area contributed by atoms with Crippen molar-refractivity contribution in [1.82, 2.24) is 19.3 Å². The maximum absolute atomic E-state index is 6.49. The van der Waals surface area contributed by atoms with E-state index in [4.69, 9.17) is 14.8 Å². The zero-order valence-electron chi connectivity index (χ0n) is 32.7. The Morgan fingerprint density at radius 1 is 0.774 bits per heavy atom. The number of nitrogens with zero attached hydrogens (tertiary/aromatic N) is 4. The van der Waals surface area contributed by atoms with Crippen LogP contribution in [0.25, 0.3) is 44.4 Å². The van der Waals surface area contributed by atoms with Crippen LogP contribution in [0, 0.1) is 38.3 Å². The molecular formula is C47H50N4OPt. The quantitative estimate of drug-likeness (QED) is 0.136. The molecule has 0 saturated heterocycles. The van der Waals surface area contributed by atoms with Crippen LogP contribution in [-0.2, 0) is 27.5 Å². The Hall–Kier alpha value is -4.47. The number of aromatic nitrogens is 4. The molecule has 0 radical (unpaired) electrons. The van der Waals surface area contributed by atoms with E-state index in [2.05, 4.69) is 135 Å². The van der Waals surface area contributed by atoms with E-state index in [0.717, 1.165) is 51.7 Å². The minimum atomic E-state index is 0. The summed E-state index contributed by atoms with van der Waals surface area (Å²) in [6, 6.07) is 29.9. The summed E-state index contributed by atoms with van der Waals surface area (Å²) in [6.07, 6.45) is 8.15. The maximum atomic E-state index is 6.49. The number of hydrogen-bond acceptors (Lipinski definition) is 3. The average molecular weight is 882 g/mol. The van der Waals surface area contributed by atoms with Gasteiger partial charge in [-0.3, -0.25) is 4.68 Å². The molecule has 6 heteroatoms. The molecule has 7 aromatic rings. The number of benzene rings is 4. The first-order valence-corrected chi connectivity index (χ1v) is 18.6. The molecule has 0 amide bonds. The van der Waals surface area contributed by atoms with E-state index in [0.29, 0.717) is 23.3 Å². The number of ether oxygens (including phenoxy) is 1. The van der Waals surface area contributed by atoms with E-state index in [1.807, 2.05) is 41.3 Å². The maximum Gasteiger partial charge on any atom is 2.00 e. The first-order chi connectivity index (χ1) is 24.8. The number of para-hydroxylation sites is 1. The molecule has 0 bridgehead atoms. The Kier molecular flexibility index (Phi) is 10.9. The van der Waals surface area contributed by atoms with Crippen LogP contribution in [0.2, 0.25) is 0 Å². The van der Waals surface area contributed by atoms with Crippen molar-refractivity contribution >= 4 is 21.8 Å². The van der Waals surface area contributed by atoms with Gasteiger partial charge < -0.3 is 9.30 Å². The number of aryl methyl sites for hydroxylation is 1. The van der Waals surface area contributed by atoms with Gasteiger partial charge in [0.2, 0.25) is 0 Å². The summed E-state index contributed by atoms with van der Waals surface area (Å²) >= 11 is 0. The van der Waals surface area contributed by atoms with Gasteiger partial charge in [0, 0.05) is 35.0 Å². The van der Waals surface area contributed by atoms with E-state index in [-0.39, 0.29) is 26.5 Å². The standard InChI is InChI=1S/C47H50N4O.Pt/c1-29(2)44-32(6)31(5)33(7)45(30(3)4)46(44)35-27-49-50(28-35)36-14-13-15-37(25-36)52-38-18-19-40-39-16-11-12-17-41(39)51(42(40)26-38)43-24-34(21-23-48-43)20-22-47(8,9)10;/h11-19,21,23-24,27-30H,20,22H2,1-10H3;/q-2;+2. The Bertz CT molecular complexity index is 2390. The molecule has 0 aliphatic carbocycles. The molecule has 0 unspecified atom stereocenters. The Morgan fingerprint density at radius 2 is 1.47 bits per heavy atom. The summed E-state index contributed by atoms with van der Waals surface area (Å²) < 4.78 is 10.6. The molecule has 7 rings (SSSR count). The molecular weight excluding hydrogens is 832 g/mol. The Morgan fingerprint density at radius 3 is 2.17 bits per heavy atom. The smallest absolute Gasteiger partial charge is 0.509 e. The van der Waals surface area contributed by atoms with E-state index < -0.39 is 0 Å². The number of rotatable bonds is 9. The van der Waals surface area contributed by atoms with Crippen LogP contribution in [0.4, 0.5) is 0 Å². The monoisotopic (exact) mass is 881 g/mol. The molecule has 0 atom stereocenters. The predicted molar refractivity (Wildman–Crippen MR) is 215 cm³/mol. The molecule has 0 fully saturated rings. The topological polar surface area (TPSA) is 44.9 Å². The molecule has 3 aromatic heterocycles. The van der Waals surface area contributed by atoms with Gasteiger partial charge in [-0.25, -0.2) is 4.98 Å². The van der Waals surface area contributed by atoms with Gasteiger partial charge >= 0.3 is 21.1 Å². The number of pyridine rings is 1. The van der Waals surface area contributed by atoms with Gasteiger partial charge in [-0.15, -0.1) is 35.7 Å². The van der Waals surface area contributed by atoms with Crippen LogP contribution >= 0.6 is 0 Å². The van der Waals surface area contributed by atoms with E-state index in [1.165, 1.54) is 38.9 Å². The molecule has 5 nitrogen and oxygen atoms in total. The van der Waals surface area contributed by atoms with E-state index in [1.54, 1.807) is 0 Å². The third-order valence-electron chi connectivity index (χ3n) is 10.5. The average Bonchev–Trinajstić information content (AvgIpc) is 3.72. The Balaban J connectivity index is 0.00000481. The van der Waals surface area contributed by atoms with Crippen LogP contribution in [0.15, 0.2) is 85.3 Å². The van der Waals surface area contributed by atoms with Crippen LogP contribution < -0.4 is 4.74 Å². The largest absolute Gasteiger partial charge is 2.00 e. The third-order valence-corrected chi connectivity index (χ3v) is 10.5. The second-order valence-corrected chi connectivity index (χ2v) is 16.1. The van der Waals surface area contributed by atoms with Gasteiger partial charge in [0.15, 0.2) is 0 Å². The van der Waals surface area contributed by atoms with Gasteiger partial charge in [-0.05, 0) is 119 Å². The van der Waals surface area contributed by atoms with E-state index in [9.17, 15) is 0 Å². The van der Waals surface area contributed by atoms with Gasteiger partial charge in [0.25, 0.3) is 0 Å². The molecule has 0 aliphatic heterocycles. The van der Waals surface area contributed by atoms with Gasteiger partial charge in [0.1, 0.15) is 5.82 Å². The zero-order chi connectivity index (χ0) is 36.9. The van der Waals surface area contributed by atoms with Crippen LogP contribution in [0.5, 0.6) is 11.5 Å². The molecule has 274 valence electrons. The second-order valence-electron chi connectivity index (χ2n) is 16.1. The van der Waals surface area contributed by atoms with Crippen LogP contribution in [-0.4, -0.2) is 19.3 Å². The summed E-state index contributed by atoms with van der Waals surface area (Å²) in [5.41, 5.74) is 13.8. The molecule has 0 aliphatic rings. The van der Waals surface area contributed by atoms with Gasteiger partial charge in [-0.2, -0.15) is 17.2 Å². The number of hydrogen-bond donors (Lipinski definition) is 0. The fourth-order valence-electron chi connectivity index (χ4n) is 7.72. The molecule has 0 N–H and O–H groups in total. The van der Waals surface area contributed by atoms with Crippen LogP contribution in [0.1, 0.15) is 100 Å². The molecule has 3 heterocycles. The normalized spacial score (nSPS) is 11.9. The fraction of sp³-hybridized carbons (Fsp3) is 0.319. The summed E-state index contributed by atoms with van der Waals surface area (Å²) in [4.78, 5) is 4.84. The van der Waals surface area contributed by atoms with Crippen molar-refractivity contribution < 1.29 is 25.8 Å². The SMILES string of the molecule is Cc1c(C)c(C(C)C)c(-c2cnn(-c3[c-]c(Oc4[c-]c5c(cc4)c4ccccc4n5-c4cc(CCC(C)(C)C)ccn4)ccc3)c2)c(C(C)C)c1C.[Pt+2]. The second kappa shape index (κ2) is 15.1. The van der Waals surface area contributed by atoms with Crippen molar-refractivity contribution in [2.75, 3.05) is 0 Å². The molecule has 0 spiro atoms. The van der Waals surface area contributed by atoms with Crippen LogP contribution in [0.3, 0.4) is 0 Å². The molecule has 0 saturated carbocycles. The summed E-state index contributed by atoms with van der Waals surface area (Å²) in [5, 5.41) is 7.11. The minimum Gasteiger partial charge on any atom is -0.509 e. The summed E-state index contributed by atoms with van der Waals surface area (Å²) in [5.74, 6) is 2.87. The summed E-state index contributed by atoms with van der Waals surface area (Å²) in [6.45, 7) is 22.8. The summed E-state index contributed by atoms with van der Waals surface area (Å²) in [7, 11) is 0. The first kappa shape index (κ1) is 38.3. The molecule has 53 heavy (non-hydrogen) atoms. The van der Waals surface area contributed by atoms with Crippen molar-refractivity contribution in [3.8, 4) is 34.1 Å². The van der Waals surface area contributed by atoms with E-state index >= 15 is 0 Å². The third kappa shape index (κ3) is 7.51. The zero-order valence-corrected chi connectivity index (χ0v) is 34.9.